The lowest BCUT2D eigenvalue weighted by Crippen LogP contribution is -2.43. The molecule has 1 aliphatic rings. The third-order valence-corrected chi connectivity index (χ3v) is 6.42. The molecule has 1 fully saturated rings. The van der Waals surface area contributed by atoms with Crippen molar-refractivity contribution in [3.05, 3.63) is 52.0 Å². The van der Waals surface area contributed by atoms with Gasteiger partial charge in [-0.25, -0.2) is 4.98 Å². The highest BCUT2D eigenvalue weighted by Gasteiger charge is 2.54. The Labute approximate surface area is 180 Å². The molecule has 0 radical (unpaired) electrons. The van der Waals surface area contributed by atoms with Crippen molar-refractivity contribution in [1.82, 2.24) is 15.2 Å². The molecule has 0 aliphatic carbocycles. The van der Waals surface area contributed by atoms with Crippen LogP contribution in [0.2, 0.25) is 0 Å². The zero-order valence-corrected chi connectivity index (χ0v) is 18.3. The summed E-state index contributed by atoms with van der Waals surface area (Å²) in [5.74, 6) is -0.837. The molecule has 160 valence electrons. The molecule has 1 N–H and O–H groups in total. The number of aromatic nitrogens is 1. The average molecular weight is 430 g/mol. The maximum absolute atomic E-state index is 13.5. The molecule has 7 nitrogen and oxygen atoms in total. The fraction of sp³-hybridized carbons (Fsp3) is 0.455. The van der Waals surface area contributed by atoms with E-state index in [2.05, 4.69) is 10.3 Å². The molecule has 2 atom stereocenters. The van der Waals surface area contributed by atoms with E-state index in [0.717, 1.165) is 16.1 Å². The number of thiazole rings is 1. The lowest BCUT2D eigenvalue weighted by Gasteiger charge is -2.29. The van der Waals surface area contributed by atoms with Crippen LogP contribution in [-0.2, 0) is 24.5 Å². The first-order valence-corrected chi connectivity index (χ1v) is 10.9. The number of ether oxygens (including phenoxy) is 1. The molecule has 0 spiro atoms. The van der Waals surface area contributed by atoms with Gasteiger partial charge in [-0.15, -0.1) is 11.3 Å². The number of nitrogens with zero attached hydrogens (tertiary/aromatic N) is 2. The highest BCUT2D eigenvalue weighted by molar-refractivity contribution is 7.09. The minimum absolute atomic E-state index is 0.0112. The van der Waals surface area contributed by atoms with Gasteiger partial charge in [0.2, 0.25) is 17.7 Å². The monoisotopic (exact) mass is 429 g/mol. The molecule has 3 rings (SSSR count). The molecule has 2 aromatic rings. The SMILES string of the molecule is COCCCN1C(=O)C[C@@](CC(=O)N[C@H](C)c2nccs2)(c2ccccc2C)C1=O. The van der Waals surface area contributed by atoms with Gasteiger partial charge in [0.15, 0.2) is 0 Å². The second-order valence-electron chi connectivity index (χ2n) is 7.61. The van der Waals surface area contributed by atoms with Crippen LogP contribution in [0.1, 0.15) is 48.4 Å². The summed E-state index contributed by atoms with van der Waals surface area (Å²) in [4.78, 5) is 44.8. The van der Waals surface area contributed by atoms with E-state index in [4.69, 9.17) is 4.74 Å². The molecule has 0 saturated carbocycles. The van der Waals surface area contributed by atoms with Gasteiger partial charge in [0.05, 0.1) is 11.5 Å². The topological polar surface area (TPSA) is 88.6 Å². The maximum Gasteiger partial charge on any atom is 0.240 e. The summed E-state index contributed by atoms with van der Waals surface area (Å²) in [5, 5.41) is 5.58. The maximum atomic E-state index is 13.5. The van der Waals surface area contributed by atoms with Gasteiger partial charge >= 0.3 is 0 Å². The Hall–Kier alpha value is -2.58. The fourth-order valence-corrected chi connectivity index (χ4v) is 4.67. The van der Waals surface area contributed by atoms with Crippen molar-refractivity contribution in [2.45, 2.75) is 44.6 Å². The molecule has 1 aliphatic heterocycles. The predicted octanol–water partition coefficient (Wildman–Crippen LogP) is 2.75. The molecule has 8 heteroatoms. The first kappa shape index (κ1) is 22.1. The van der Waals surface area contributed by atoms with Gasteiger partial charge in [-0.3, -0.25) is 19.3 Å². The highest BCUT2D eigenvalue weighted by atomic mass is 32.1. The van der Waals surface area contributed by atoms with Crippen LogP contribution in [0.4, 0.5) is 0 Å². The van der Waals surface area contributed by atoms with Gasteiger partial charge in [-0.2, -0.15) is 0 Å². The number of aryl methyl sites for hydroxylation is 1. The van der Waals surface area contributed by atoms with E-state index in [1.54, 1.807) is 13.3 Å². The lowest BCUT2D eigenvalue weighted by molar-refractivity contribution is -0.141. The van der Waals surface area contributed by atoms with Crippen molar-refractivity contribution < 1.29 is 19.1 Å². The van der Waals surface area contributed by atoms with Crippen LogP contribution in [0.25, 0.3) is 0 Å². The van der Waals surface area contributed by atoms with Crippen LogP contribution >= 0.6 is 11.3 Å². The second kappa shape index (κ2) is 9.49. The summed E-state index contributed by atoms with van der Waals surface area (Å²) in [6, 6.07) is 7.20. The smallest absolute Gasteiger partial charge is 0.240 e. The summed E-state index contributed by atoms with van der Waals surface area (Å²) in [6.07, 6.45) is 2.15. The normalized spacial score (nSPS) is 19.9. The minimum atomic E-state index is -1.19. The number of likely N-dealkylation sites (tertiary alicyclic amines) is 1. The Balaban J connectivity index is 1.88. The fourth-order valence-electron chi connectivity index (χ4n) is 4.02. The summed E-state index contributed by atoms with van der Waals surface area (Å²) >= 11 is 1.46. The average Bonchev–Trinajstić information content (AvgIpc) is 3.32. The third-order valence-electron chi connectivity index (χ3n) is 5.46. The van der Waals surface area contributed by atoms with Crippen LogP contribution in [0.3, 0.4) is 0 Å². The van der Waals surface area contributed by atoms with Crippen molar-refractivity contribution >= 4 is 29.1 Å². The number of methoxy groups -OCH3 is 1. The zero-order chi connectivity index (χ0) is 21.7. The lowest BCUT2D eigenvalue weighted by atomic mass is 9.74. The first-order chi connectivity index (χ1) is 14.4. The standard InChI is InChI=1S/C22H27N3O4S/c1-15-7-4-5-8-17(15)22(13-18(26)24-16(2)20-23-9-12-30-20)14-19(27)25(21(22)28)10-6-11-29-3/h4-5,7-9,12,16H,6,10-11,13-14H2,1-3H3,(H,24,26)/t16-,22+/m1/s1. The first-order valence-electron chi connectivity index (χ1n) is 9.97. The summed E-state index contributed by atoms with van der Waals surface area (Å²) in [6.45, 7) is 4.50. The molecule has 2 heterocycles. The number of benzene rings is 1. The molecular formula is C22H27N3O4S. The quantitative estimate of drug-likeness (QED) is 0.489. The minimum Gasteiger partial charge on any atom is -0.385 e. The van der Waals surface area contributed by atoms with E-state index in [9.17, 15) is 14.4 Å². The summed E-state index contributed by atoms with van der Waals surface area (Å²) < 4.78 is 5.05. The predicted molar refractivity (Wildman–Crippen MR) is 114 cm³/mol. The molecule has 3 amide bonds. The second-order valence-corrected chi connectivity index (χ2v) is 8.53. The number of hydrogen-bond acceptors (Lipinski definition) is 6. The van der Waals surface area contributed by atoms with Crippen molar-refractivity contribution in [3.63, 3.8) is 0 Å². The van der Waals surface area contributed by atoms with E-state index < -0.39 is 5.41 Å². The molecule has 1 saturated heterocycles. The Bertz CT molecular complexity index is 915. The third kappa shape index (κ3) is 4.44. The molecular weight excluding hydrogens is 402 g/mol. The number of hydrogen-bond donors (Lipinski definition) is 1. The molecule has 0 bridgehead atoms. The van der Waals surface area contributed by atoms with E-state index in [-0.39, 0.29) is 43.1 Å². The van der Waals surface area contributed by atoms with Gasteiger partial charge in [0.25, 0.3) is 0 Å². The summed E-state index contributed by atoms with van der Waals surface area (Å²) in [7, 11) is 1.58. The van der Waals surface area contributed by atoms with Crippen LogP contribution in [0.15, 0.2) is 35.8 Å². The number of carbonyl (C=O) groups excluding carboxylic acids is 3. The number of nitrogens with one attached hydrogen (secondary N) is 1. The number of carbonyl (C=O) groups is 3. The summed E-state index contributed by atoms with van der Waals surface area (Å²) in [5.41, 5.74) is 0.426. The van der Waals surface area contributed by atoms with Gasteiger partial charge in [-0.05, 0) is 31.4 Å². The van der Waals surface area contributed by atoms with E-state index >= 15 is 0 Å². The van der Waals surface area contributed by atoms with Crippen LogP contribution in [0.5, 0.6) is 0 Å². The van der Waals surface area contributed by atoms with Gasteiger partial charge in [-0.1, -0.05) is 24.3 Å². The van der Waals surface area contributed by atoms with Crippen molar-refractivity contribution in [2.75, 3.05) is 20.3 Å². The molecule has 1 aromatic carbocycles. The van der Waals surface area contributed by atoms with Crippen LogP contribution in [-0.4, -0.2) is 47.9 Å². The largest absolute Gasteiger partial charge is 0.385 e. The van der Waals surface area contributed by atoms with Crippen molar-refractivity contribution in [1.29, 1.82) is 0 Å². The van der Waals surface area contributed by atoms with Crippen LogP contribution < -0.4 is 5.32 Å². The van der Waals surface area contributed by atoms with Crippen molar-refractivity contribution in [2.24, 2.45) is 0 Å². The van der Waals surface area contributed by atoms with Crippen LogP contribution in [0, 0.1) is 6.92 Å². The Kier molecular flexibility index (Phi) is 6.99. The zero-order valence-electron chi connectivity index (χ0n) is 17.5. The van der Waals surface area contributed by atoms with Gasteiger partial charge < -0.3 is 10.1 Å². The van der Waals surface area contributed by atoms with E-state index in [1.165, 1.54) is 16.2 Å². The number of rotatable bonds is 9. The Morgan fingerprint density at radius 1 is 1.37 bits per heavy atom. The molecule has 0 unspecified atom stereocenters. The Morgan fingerprint density at radius 3 is 2.80 bits per heavy atom. The van der Waals surface area contributed by atoms with E-state index in [1.807, 2.05) is 43.5 Å². The highest BCUT2D eigenvalue weighted by Crippen LogP contribution is 2.41. The van der Waals surface area contributed by atoms with E-state index in [0.29, 0.717) is 13.0 Å². The Morgan fingerprint density at radius 2 is 2.13 bits per heavy atom. The van der Waals surface area contributed by atoms with Gasteiger partial charge in [0, 0.05) is 44.7 Å². The molecule has 30 heavy (non-hydrogen) atoms. The molecule has 1 aromatic heterocycles. The van der Waals surface area contributed by atoms with Crippen molar-refractivity contribution in [3.8, 4) is 0 Å². The van der Waals surface area contributed by atoms with Gasteiger partial charge in [0.1, 0.15) is 5.01 Å². The number of imide groups is 1. The number of amides is 3.